The molecule has 4 amide bonds. The quantitative estimate of drug-likeness (QED) is 0.0363. The fourth-order valence-corrected chi connectivity index (χ4v) is 16.7. The third-order valence-corrected chi connectivity index (χ3v) is 21.8. The Hall–Kier alpha value is -14.6. The van der Waals surface area contributed by atoms with Crippen molar-refractivity contribution in [2.75, 3.05) is 0 Å². The summed E-state index contributed by atoms with van der Waals surface area (Å²) in [5, 5.41) is 15.0. The lowest BCUT2D eigenvalue weighted by atomic mass is 9.97. The molecular formula is C104H101N13O8. The van der Waals surface area contributed by atoms with Crippen molar-refractivity contribution in [3.63, 3.8) is 0 Å². The number of nitrogens with zero attached hydrogens (tertiary/aromatic N) is 4. The number of aromatic amines is 5. The van der Waals surface area contributed by atoms with Crippen molar-refractivity contribution in [2.24, 2.45) is 0 Å². The van der Waals surface area contributed by atoms with Gasteiger partial charge in [0.2, 0.25) is 0 Å². The van der Waals surface area contributed by atoms with Gasteiger partial charge in [0.1, 0.15) is 22.4 Å². The Labute approximate surface area is 725 Å². The molecule has 13 aromatic rings. The predicted octanol–water partition coefficient (Wildman–Crippen LogP) is 23.8. The van der Waals surface area contributed by atoms with Gasteiger partial charge in [-0.2, -0.15) is 0 Å². The summed E-state index contributed by atoms with van der Waals surface area (Å²) in [5.74, 6) is 0. The average molecular weight is 1660 g/mol. The number of alkyl carbamates (subject to hydrolysis) is 4. The van der Waals surface area contributed by atoms with Crippen molar-refractivity contribution in [3.05, 3.63) is 308 Å². The number of H-pyrrole nitrogens is 5. The van der Waals surface area contributed by atoms with E-state index in [4.69, 9.17) is 38.9 Å². The molecular weight excluding hydrogens is 1560 g/mol. The Morgan fingerprint density at radius 2 is 0.536 bits per heavy atom. The van der Waals surface area contributed by atoms with Gasteiger partial charge in [-0.15, -0.1) is 0 Å². The molecule has 11 heterocycles. The number of hydrogen-bond donors (Lipinski definition) is 9. The maximum absolute atomic E-state index is 14.3. The molecule has 9 N–H and O–H groups in total. The van der Waals surface area contributed by atoms with E-state index in [1.165, 1.54) is 0 Å². The summed E-state index contributed by atoms with van der Waals surface area (Å²) in [4.78, 5) is 98.6. The summed E-state index contributed by atoms with van der Waals surface area (Å²) in [6, 6.07) is 70.5. The number of ether oxygens (including phenoxy) is 4. The van der Waals surface area contributed by atoms with Gasteiger partial charge in [-0.3, -0.25) is 0 Å². The van der Waals surface area contributed by atoms with Crippen LogP contribution in [0.5, 0.6) is 0 Å². The molecule has 21 nitrogen and oxygen atoms in total. The lowest BCUT2D eigenvalue weighted by molar-refractivity contribution is 0.0491. The second-order valence-electron chi connectivity index (χ2n) is 36.1. The number of amides is 4. The van der Waals surface area contributed by atoms with Crippen LogP contribution >= 0.6 is 0 Å². The molecule has 4 aliphatic rings. The van der Waals surface area contributed by atoms with E-state index in [9.17, 15) is 19.2 Å². The Balaban J connectivity index is 0.920. The van der Waals surface area contributed by atoms with Crippen LogP contribution in [0.25, 0.3) is 137 Å². The molecule has 0 radical (unpaired) electrons. The molecule has 4 atom stereocenters. The van der Waals surface area contributed by atoms with Crippen molar-refractivity contribution in [3.8, 4) is 22.3 Å². The lowest BCUT2D eigenvalue weighted by Crippen LogP contribution is -2.36. The predicted molar refractivity (Wildman–Crippen MR) is 501 cm³/mol. The molecule has 0 aliphatic carbocycles. The summed E-state index contributed by atoms with van der Waals surface area (Å²) in [5.41, 5.74) is 19.1. The third kappa shape index (κ3) is 19.3. The highest BCUT2D eigenvalue weighted by atomic mass is 16.6. The first-order chi connectivity index (χ1) is 59.9. The van der Waals surface area contributed by atoms with Crippen molar-refractivity contribution in [1.82, 2.24) is 66.1 Å². The maximum atomic E-state index is 14.3. The summed E-state index contributed by atoms with van der Waals surface area (Å²) >= 11 is 0. The molecule has 7 aromatic heterocycles. The van der Waals surface area contributed by atoms with Crippen LogP contribution < -0.4 is 21.3 Å². The zero-order chi connectivity index (χ0) is 87.1. The summed E-state index contributed by atoms with van der Waals surface area (Å²) < 4.78 is 24.2. The number of benzene rings is 6. The van der Waals surface area contributed by atoms with Crippen LogP contribution in [0, 0.1) is 0 Å². The monoisotopic (exact) mass is 1660 g/mol. The summed E-state index contributed by atoms with van der Waals surface area (Å²) in [6.07, 6.45) is 15.2. The van der Waals surface area contributed by atoms with Gasteiger partial charge in [-0.1, -0.05) is 133 Å². The third-order valence-electron chi connectivity index (χ3n) is 21.8. The molecule has 0 fully saturated rings. The van der Waals surface area contributed by atoms with Gasteiger partial charge >= 0.3 is 24.4 Å². The first kappa shape index (κ1) is 82.7. The highest BCUT2D eigenvalue weighted by Gasteiger charge is 2.32. The minimum Gasteiger partial charge on any atom is -0.444 e. The van der Waals surface area contributed by atoms with E-state index >= 15 is 0 Å². The zero-order valence-corrected chi connectivity index (χ0v) is 72.1. The number of hydrogen-bond acceptors (Lipinski definition) is 12. The van der Waals surface area contributed by atoms with Gasteiger partial charge in [0.05, 0.1) is 69.7 Å². The van der Waals surface area contributed by atoms with Crippen molar-refractivity contribution >= 4 is 139 Å². The van der Waals surface area contributed by atoms with Gasteiger partial charge in [-0.25, -0.2) is 39.1 Å². The second kappa shape index (κ2) is 34.0. The minimum absolute atomic E-state index is 0.386. The molecule has 0 saturated heterocycles. The topological polar surface area (TPSA) is 284 Å². The van der Waals surface area contributed by atoms with Crippen LogP contribution in [-0.4, -0.2) is 91.6 Å². The van der Waals surface area contributed by atoms with Crippen molar-refractivity contribution in [2.45, 2.75) is 155 Å². The van der Waals surface area contributed by atoms with Gasteiger partial charge in [-0.05, 0) is 276 Å². The molecule has 0 spiro atoms. The number of aromatic nitrogens is 9. The van der Waals surface area contributed by atoms with E-state index in [1.807, 2.05) is 302 Å². The Morgan fingerprint density at radius 1 is 0.280 bits per heavy atom. The van der Waals surface area contributed by atoms with Crippen molar-refractivity contribution < 1.29 is 38.1 Å². The zero-order valence-electron chi connectivity index (χ0n) is 72.1. The Bertz CT molecular complexity index is 6290. The molecule has 0 unspecified atom stereocenters. The van der Waals surface area contributed by atoms with E-state index in [1.54, 1.807) is 0 Å². The number of fused-ring (bicyclic) bond motifs is 19. The normalized spacial score (nSPS) is 13.6. The number of carbonyl (C=O) groups excluding carboxylic acids is 4. The maximum Gasteiger partial charge on any atom is 0.408 e. The summed E-state index contributed by atoms with van der Waals surface area (Å²) in [7, 11) is 0. The summed E-state index contributed by atoms with van der Waals surface area (Å²) in [6.45, 7) is 22.2. The van der Waals surface area contributed by atoms with Gasteiger partial charge in [0.15, 0.2) is 0 Å². The van der Waals surface area contributed by atoms with Gasteiger partial charge in [0, 0.05) is 99.3 Å². The van der Waals surface area contributed by atoms with Crippen LogP contribution in [0.3, 0.4) is 0 Å². The highest BCUT2D eigenvalue weighted by molar-refractivity contribution is 6.11. The van der Waals surface area contributed by atoms with E-state index in [0.717, 1.165) is 99.6 Å². The molecule has 21 heteroatoms. The first-order valence-electron chi connectivity index (χ1n) is 42.4. The SMILES string of the molecule is CC(C)(C)OC(=O)N[C@@H](Cc1ccccc1)c1c2nc(c(-c3ccc4[nH]c5ccc(-c6c7nc(c([C@H](Cc8ccccc8)NC(=O)OC(C)(C)C)c8ccc(cc9nc(c([C@H](Cc%10ccccc%10)NC(=O)OC(C)(C)C)c%10ccc6[nH]%10)C=C9)[nH]8)C=C7)cc5c4c3)c3ccc([nH]3)c([C@H](Cc3ccccc3)NC(=O)OC(C)(C)C)c3nc(cc4ccc1[nH]4)C=C3)C=C2. The first-order valence-corrected chi connectivity index (χ1v) is 42.4. The average Bonchev–Trinajstić information content (AvgIpc) is 1.60. The standard InChI is InChI=1S/C104H101N13O8/c1-101(2,3)122-97(118)114-87(53-61-25-17-13-18-26-61)93-79-41-35-67(105-79)59-68-36-42-80(106-68)94(88(54-62-27-19-14-20-28-62)115-98(119)123-102(4,5)6)84-50-46-76(111-84)91(75-45-49-83(93)110-75)65-33-39-73-71(57-65)72-58-66(34-40-74(72)109-73)92-77-47-51-85(112-77)95(89(55-63-29-21-15-22-30-63)116-99(120)124-103(7,8)9)81-43-37-69(107-81)60-70-38-44-82(108-70)96(86-52-48-78(92)113-86)90(56-64-31-23-16-24-32-64)117-100(121)125-104(10,11)12/h13-52,57-60,87-90,105,107,109,111,113H,53-56H2,1-12H3,(H,114,118)(H,115,119)(H,116,120)(H,117,121)/t87-,88-,89-,90-/m0/s1. The second-order valence-corrected chi connectivity index (χ2v) is 36.1. The number of nitrogens with one attached hydrogen (secondary N) is 9. The van der Waals surface area contributed by atoms with Crippen LogP contribution in [0.4, 0.5) is 19.2 Å². The van der Waals surface area contributed by atoms with Crippen LogP contribution in [0.2, 0.25) is 0 Å². The van der Waals surface area contributed by atoms with E-state index < -0.39 is 70.9 Å². The van der Waals surface area contributed by atoms with Crippen LogP contribution in [-0.2, 0) is 44.6 Å². The fourth-order valence-electron chi connectivity index (χ4n) is 16.7. The Morgan fingerprint density at radius 3 is 0.848 bits per heavy atom. The number of carbonyl (C=O) groups is 4. The van der Waals surface area contributed by atoms with Crippen molar-refractivity contribution in [1.29, 1.82) is 0 Å². The number of rotatable bonds is 18. The molecule has 630 valence electrons. The van der Waals surface area contributed by atoms with E-state index in [-0.39, 0.29) is 0 Å². The Kier molecular flexibility index (Phi) is 22.5. The molecule has 0 saturated carbocycles. The van der Waals surface area contributed by atoms with E-state index in [2.05, 4.69) is 94.7 Å². The van der Waals surface area contributed by atoms with Gasteiger partial charge < -0.3 is 65.1 Å². The smallest absolute Gasteiger partial charge is 0.408 e. The molecule has 125 heavy (non-hydrogen) atoms. The molecule has 16 bridgehead atoms. The van der Waals surface area contributed by atoms with Crippen LogP contribution in [0.15, 0.2) is 218 Å². The fraction of sp³-hybridized carbons (Fsp3) is 0.231. The highest BCUT2D eigenvalue weighted by Crippen LogP contribution is 2.42. The molecule has 17 rings (SSSR count). The van der Waals surface area contributed by atoms with Gasteiger partial charge in [0.25, 0.3) is 0 Å². The molecule has 4 aliphatic heterocycles. The van der Waals surface area contributed by atoms with E-state index in [0.29, 0.717) is 104 Å². The van der Waals surface area contributed by atoms with Crippen LogP contribution in [0.1, 0.15) is 197 Å². The minimum atomic E-state index is -0.805. The lowest BCUT2D eigenvalue weighted by Gasteiger charge is -2.24. The largest absolute Gasteiger partial charge is 0.444 e. The molecule has 6 aromatic carbocycles.